The van der Waals surface area contributed by atoms with E-state index >= 15 is 0 Å². The van der Waals surface area contributed by atoms with Crippen molar-refractivity contribution in [1.29, 1.82) is 0 Å². The zero-order valence-electron chi connectivity index (χ0n) is 11.8. The molecular weight excluding hydrogens is 270 g/mol. The fraction of sp³-hybridized carbons (Fsp3) is 0.267. The lowest BCUT2D eigenvalue weighted by Gasteiger charge is -2.06. The second-order valence-corrected chi connectivity index (χ2v) is 4.42. The zero-order valence-corrected chi connectivity index (χ0v) is 11.8. The van der Waals surface area contributed by atoms with Crippen LogP contribution in [0.3, 0.4) is 0 Å². The molecular formula is C15H17N3O3. The Kier molecular flexibility index (Phi) is 5.09. The number of nitrogens with zero attached hydrogens (tertiary/aromatic N) is 2. The molecule has 6 nitrogen and oxygen atoms in total. The molecule has 0 aliphatic carbocycles. The molecule has 2 aromatic rings. The second kappa shape index (κ2) is 7.23. The van der Waals surface area contributed by atoms with Crippen LogP contribution in [0.25, 0.3) is 0 Å². The summed E-state index contributed by atoms with van der Waals surface area (Å²) < 4.78 is 6.67. The summed E-state index contributed by atoms with van der Waals surface area (Å²) in [5.41, 5.74) is 1.36. The Labute approximate surface area is 122 Å². The van der Waals surface area contributed by atoms with Crippen molar-refractivity contribution < 1.29 is 14.3 Å². The summed E-state index contributed by atoms with van der Waals surface area (Å²) in [7, 11) is 0. The van der Waals surface area contributed by atoms with Crippen molar-refractivity contribution in [2.24, 2.45) is 0 Å². The van der Waals surface area contributed by atoms with E-state index in [0.29, 0.717) is 12.1 Å². The third-order valence-electron chi connectivity index (χ3n) is 2.89. The molecule has 0 atom stereocenters. The second-order valence-electron chi connectivity index (χ2n) is 4.42. The molecule has 6 heteroatoms. The number of carbonyl (C=O) groups is 2. The predicted molar refractivity (Wildman–Crippen MR) is 76.9 cm³/mol. The molecule has 0 unspecified atom stereocenters. The highest BCUT2D eigenvalue weighted by Crippen LogP contribution is 2.01. The lowest BCUT2D eigenvalue weighted by Crippen LogP contribution is -2.29. The number of hydrogen-bond acceptors (Lipinski definition) is 4. The van der Waals surface area contributed by atoms with Crippen molar-refractivity contribution in [2.75, 3.05) is 6.54 Å². The number of aryl methyl sites for hydroxylation is 1. The average molecular weight is 287 g/mol. The number of alkyl carbamates (subject to hydrolysis) is 1. The minimum atomic E-state index is -0.616. The van der Waals surface area contributed by atoms with E-state index in [1.807, 2.05) is 37.3 Å². The molecule has 2 rings (SSSR count). The molecule has 0 spiro atoms. The molecule has 1 aromatic carbocycles. The van der Waals surface area contributed by atoms with Gasteiger partial charge in [0.15, 0.2) is 5.78 Å². The number of Topliss-reactive ketones (excluding diaryl/α,β-unsaturated/α-hetero) is 1. The van der Waals surface area contributed by atoms with Crippen LogP contribution in [0.5, 0.6) is 0 Å². The maximum absolute atomic E-state index is 11.8. The number of benzene rings is 1. The van der Waals surface area contributed by atoms with E-state index in [1.54, 1.807) is 10.9 Å². The Hall–Kier alpha value is -2.63. The molecule has 110 valence electrons. The van der Waals surface area contributed by atoms with E-state index in [-0.39, 0.29) is 18.9 Å². The normalized spacial score (nSPS) is 10.1. The molecule has 0 aliphatic rings. The number of hydrogen-bond donors (Lipinski definition) is 1. The average Bonchev–Trinajstić information content (AvgIpc) is 3.00. The Balaban J connectivity index is 1.74. The lowest BCUT2D eigenvalue weighted by molar-refractivity contribution is 0.0974. The van der Waals surface area contributed by atoms with Crippen LogP contribution in [-0.4, -0.2) is 28.2 Å². The van der Waals surface area contributed by atoms with Gasteiger partial charge in [-0.25, -0.2) is 4.79 Å². The van der Waals surface area contributed by atoms with Gasteiger partial charge in [0.1, 0.15) is 6.61 Å². The minimum absolute atomic E-state index is 0.108. The van der Waals surface area contributed by atoms with Crippen LogP contribution in [-0.2, 0) is 17.9 Å². The first kappa shape index (κ1) is 14.8. The van der Waals surface area contributed by atoms with Crippen LogP contribution < -0.4 is 5.32 Å². The molecule has 0 saturated heterocycles. The van der Waals surface area contributed by atoms with Crippen LogP contribution >= 0.6 is 0 Å². The van der Waals surface area contributed by atoms with Gasteiger partial charge in [-0.1, -0.05) is 30.3 Å². The van der Waals surface area contributed by atoms with Crippen molar-refractivity contribution in [1.82, 2.24) is 15.1 Å². The van der Waals surface area contributed by atoms with Gasteiger partial charge in [0.05, 0.1) is 18.3 Å². The molecule has 0 aliphatic heterocycles. The van der Waals surface area contributed by atoms with E-state index in [0.717, 1.165) is 5.56 Å². The third-order valence-corrected chi connectivity index (χ3v) is 2.89. The summed E-state index contributed by atoms with van der Waals surface area (Å²) in [6, 6.07) is 9.34. The quantitative estimate of drug-likeness (QED) is 0.825. The van der Waals surface area contributed by atoms with Gasteiger partial charge >= 0.3 is 6.09 Å². The summed E-state index contributed by atoms with van der Waals surface area (Å²) >= 11 is 0. The first-order valence-electron chi connectivity index (χ1n) is 6.69. The fourth-order valence-electron chi connectivity index (χ4n) is 1.71. The van der Waals surface area contributed by atoms with Gasteiger partial charge < -0.3 is 10.1 Å². The highest BCUT2D eigenvalue weighted by atomic mass is 16.5. The summed E-state index contributed by atoms with van der Waals surface area (Å²) in [4.78, 5) is 23.3. The number of nitrogens with one attached hydrogen (secondary N) is 1. The summed E-state index contributed by atoms with van der Waals surface area (Å²) in [6.07, 6.45) is 2.53. The maximum Gasteiger partial charge on any atom is 0.407 e. The van der Waals surface area contributed by atoms with Crippen LogP contribution in [0.1, 0.15) is 22.8 Å². The Morgan fingerprint density at radius 2 is 2.05 bits per heavy atom. The summed E-state index contributed by atoms with van der Waals surface area (Å²) in [5, 5.41) is 6.44. The van der Waals surface area contributed by atoms with Crippen molar-refractivity contribution >= 4 is 11.9 Å². The third kappa shape index (κ3) is 4.45. The number of amides is 1. The smallest absolute Gasteiger partial charge is 0.407 e. The summed E-state index contributed by atoms with van der Waals surface area (Å²) in [6.45, 7) is 2.69. The Morgan fingerprint density at radius 1 is 1.29 bits per heavy atom. The van der Waals surface area contributed by atoms with Crippen LogP contribution in [0.2, 0.25) is 0 Å². The van der Waals surface area contributed by atoms with Crippen molar-refractivity contribution in [3.05, 3.63) is 53.9 Å². The number of ether oxygens (including phenoxy) is 1. The van der Waals surface area contributed by atoms with Gasteiger partial charge in [-0.2, -0.15) is 5.10 Å². The van der Waals surface area contributed by atoms with Crippen molar-refractivity contribution in [3.8, 4) is 0 Å². The van der Waals surface area contributed by atoms with E-state index < -0.39 is 6.09 Å². The van der Waals surface area contributed by atoms with Gasteiger partial charge in [-0.05, 0) is 12.5 Å². The van der Waals surface area contributed by atoms with Crippen molar-refractivity contribution in [2.45, 2.75) is 20.1 Å². The number of rotatable bonds is 6. The molecule has 0 radical (unpaired) electrons. The van der Waals surface area contributed by atoms with Crippen LogP contribution in [0.15, 0.2) is 42.7 Å². The minimum Gasteiger partial charge on any atom is -0.445 e. The van der Waals surface area contributed by atoms with Gasteiger partial charge in [-0.15, -0.1) is 0 Å². The SMILES string of the molecule is CCn1cc(C(=O)CNC(=O)OCc2ccccc2)cn1. The molecule has 1 heterocycles. The molecule has 1 amide bonds. The molecule has 1 aromatic heterocycles. The maximum atomic E-state index is 11.8. The standard InChI is InChI=1S/C15H17N3O3/c1-2-18-10-13(8-17-18)14(19)9-16-15(20)21-11-12-6-4-3-5-7-12/h3-8,10H,2,9,11H2,1H3,(H,16,20). The first-order valence-corrected chi connectivity index (χ1v) is 6.69. The fourth-order valence-corrected chi connectivity index (χ4v) is 1.71. The van der Waals surface area contributed by atoms with Gasteiger partial charge in [0.25, 0.3) is 0 Å². The molecule has 0 fully saturated rings. The highest BCUT2D eigenvalue weighted by molar-refractivity contribution is 5.98. The number of ketones is 1. The monoisotopic (exact) mass is 287 g/mol. The van der Waals surface area contributed by atoms with Gasteiger partial charge in [0, 0.05) is 12.7 Å². The summed E-state index contributed by atoms with van der Waals surface area (Å²) in [5.74, 6) is -0.202. The number of carbonyl (C=O) groups excluding carboxylic acids is 2. The highest BCUT2D eigenvalue weighted by Gasteiger charge is 2.10. The first-order chi connectivity index (χ1) is 10.2. The topological polar surface area (TPSA) is 73.2 Å². The van der Waals surface area contributed by atoms with E-state index in [9.17, 15) is 9.59 Å². The lowest BCUT2D eigenvalue weighted by atomic mass is 10.2. The molecule has 1 N–H and O–H groups in total. The van der Waals surface area contributed by atoms with Crippen LogP contribution in [0.4, 0.5) is 4.79 Å². The van der Waals surface area contributed by atoms with E-state index in [2.05, 4.69) is 10.4 Å². The predicted octanol–water partition coefficient (Wildman–Crippen LogP) is 2.01. The van der Waals surface area contributed by atoms with Gasteiger partial charge in [0.2, 0.25) is 0 Å². The Bertz CT molecular complexity index is 608. The molecule has 0 bridgehead atoms. The molecule has 21 heavy (non-hydrogen) atoms. The number of aromatic nitrogens is 2. The largest absolute Gasteiger partial charge is 0.445 e. The van der Waals surface area contributed by atoms with Gasteiger partial charge in [-0.3, -0.25) is 9.48 Å². The zero-order chi connectivity index (χ0) is 15.1. The Morgan fingerprint density at radius 3 is 2.71 bits per heavy atom. The van der Waals surface area contributed by atoms with Crippen molar-refractivity contribution in [3.63, 3.8) is 0 Å². The van der Waals surface area contributed by atoms with E-state index in [4.69, 9.17) is 4.74 Å². The van der Waals surface area contributed by atoms with E-state index in [1.165, 1.54) is 6.20 Å². The van der Waals surface area contributed by atoms with Crippen LogP contribution in [0, 0.1) is 0 Å². The molecule has 0 saturated carbocycles.